The van der Waals surface area contributed by atoms with Crippen LogP contribution in [0.25, 0.3) is 0 Å². The number of piperidine rings is 1. The Labute approximate surface area is 211 Å². The fourth-order valence-corrected chi connectivity index (χ4v) is 7.23. The maximum Gasteiger partial charge on any atom is 0.321 e. The van der Waals surface area contributed by atoms with Gasteiger partial charge in [0.25, 0.3) is 0 Å². The first kappa shape index (κ1) is 26.3. The molecule has 0 bridgehead atoms. The Balaban J connectivity index is 1.27. The standard InChI is InChI=1S/C25H34N4O6S/c1-17-23(18(2)35-27-17)36(33,34)28-21(24(31)32)3-4-22(30)19-5-9-25(10-6-19)11-15-29(16-12-25)20-7-13-26-14-8-20/h7-8,13-14,19,21,28H,3-6,9-12,15-16H2,1-2H3,(H,31,32)/t21-/m0/s1. The van der Waals surface area contributed by atoms with Gasteiger partial charge in [-0.2, -0.15) is 4.72 Å². The van der Waals surface area contributed by atoms with Crippen LogP contribution in [0.1, 0.15) is 62.8 Å². The average Bonchev–Trinajstić information content (AvgIpc) is 3.21. The first-order valence-corrected chi connectivity index (χ1v) is 13.9. The summed E-state index contributed by atoms with van der Waals surface area (Å²) in [4.78, 5) is 31.0. The molecule has 36 heavy (non-hydrogen) atoms. The van der Waals surface area contributed by atoms with Gasteiger partial charge < -0.3 is 14.5 Å². The molecule has 11 heteroatoms. The first-order chi connectivity index (χ1) is 17.1. The van der Waals surface area contributed by atoms with Gasteiger partial charge in [-0.05, 0) is 76.3 Å². The number of aromatic nitrogens is 2. The number of rotatable bonds is 9. The van der Waals surface area contributed by atoms with Gasteiger partial charge in [-0.1, -0.05) is 5.16 Å². The second kappa shape index (κ2) is 10.7. The van der Waals surface area contributed by atoms with Crippen LogP contribution >= 0.6 is 0 Å². The van der Waals surface area contributed by atoms with Gasteiger partial charge in [-0.15, -0.1) is 0 Å². The number of carbonyl (C=O) groups excluding carboxylic acids is 1. The molecule has 2 aliphatic rings. The summed E-state index contributed by atoms with van der Waals surface area (Å²) in [6, 6.07) is 2.67. The van der Waals surface area contributed by atoms with Crippen molar-refractivity contribution in [2.24, 2.45) is 11.3 Å². The fourth-order valence-electron chi connectivity index (χ4n) is 5.67. The second-order valence-corrected chi connectivity index (χ2v) is 11.8. The molecule has 1 spiro atoms. The van der Waals surface area contributed by atoms with Crippen molar-refractivity contribution in [2.45, 2.75) is 76.2 Å². The number of anilines is 1. The summed E-state index contributed by atoms with van der Waals surface area (Å²) in [6.07, 6.45) is 9.34. The van der Waals surface area contributed by atoms with E-state index in [9.17, 15) is 23.1 Å². The molecule has 0 amide bonds. The van der Waals surface area contributed by atoms with E-state index in [0.29, 0.717) is 0 Å². The lowest BCUT2D eigenvalue weighted by molar-refractivity contribution is -0.139. The van der Waals surface area contributed by atoms with Gasteiger partial charge in [0.1, 0.15) is 22.4 Å². The lowest BCUT2D eigenvalue weighted by atomic mass is 9.64. The van der Waals surface area contributed by atoms with Gasteiger partial charge in [0, 0.05) is 43.5 Å². The molecule has 2 aromatic rings. The highest BCUT2D eigenvalue weighted by molar-refractivity contribution is 7.89. The fraction of sp³-hybridized carbons (Fsp3) is 0.600. The van der Waals surface area contributed by atoms with Crippen LogP contribution in [0.4, 0.5) is 5.69 Å². The van der Waals surface area contributed by atoms with Crippen molar-refractivity contribution in [2.75, 3.05) is 18.0 Å². The molecule has 0 radical (unpaired) electrons. The highest BCUT2D eigenvalue weighted by atomic mass is 32.2. The van der Waals surface area contributed by atoms with E-state index in [2.05, 4.69) is 19.8 Å². The Kier molecular flexibility index (Phi) is 7.79. The summed E-state index contributed by atoms with van der Waals surface area (Å²) >= 11 is 0. The second-order valence-electron chi connectivity index (χ2n) is 10.1. The molecule has 1 atom stereocenters. The zero-order chi connectivity index (χ0) is 25.9. The molecular formula is C25H34N4O6S. The van der Waals surface area contributed by atoms with Gasteiger partial charge in [0.05, 0.1) is 0 Å². The number of Topliss-reactive ketones (excluding diaryl/α,β-unsaturated/α-hetero) is 1. The molecule has 196 valence electrons. The summed E-state index contributed by atoms with van der Waals surface area (Å²) in [5.41, 5.74) is 1.62. The molecule has 0 aromatic carbocycles. The number of hydrogen-bond donors (Lipinski definition) is 2. The van der Waals surface area contributed by atoms with Gasteiger partial charge in [-0.25, -0.2) is 8.42 Å². The van der Waals surface area contributed by atoms with Crippen molar-refractivity contribution in [3.8, 4) is 0 Å². The minimum atomic E-state index is -4.14. The smallest absolute Gasteiger partial charge is 0.321 e. The van der Waals surface area contributed by atoms with Crippen molar-refractivity contribution >= 4 is 27.5 Å². The van der Waals surface area contributed by atoms with E-state index in [-0.39, 0.29) is 46.3 Å². The van der Waals surface area contributed by atoms with Crippen LogP contribution in [0.2, 0.25) is 0 Å². The zero-order valence-electron chi connectivity index (χ0n) is 20.8. The molecule has 1 saturated heterocycles. The number of pyridine rings is 1. The number of aliphatic carboxylic acids is 1. The number of ketones is 1. The lowest BCUT2D eigenvalue weighted by Crippen LogP contribution is -2.43. The summed E-state index contributed by atoms with van der Waals surface area (Å²) in [6.45, 7) is 4.91. The van der Waals surface area contributed by atoms with Crippen LogP contribution in [-0.4, -0.2) is 54.5 Å². The maximum absolute atomic E-state index is 12.9. The predicted octanol–water partition coefficient (Wildman–Crippen LogP) is 3.24. The quantitative estimate of drug-likeness (QED) is 0.511. The minimum Gasteiger partial charge on any atom is -0.480 e. The Hall–Kier alpha value is -2.79. The lowest BCUT2D eigenvalue weighted by Gasteiger charge is -2.46. The Morgan fingerprint density at radius 2 is 1.81 bits per heavy atom. The van der Waals surface area contributed by atoms with Crippen LogP contribution in [0, 0.1) is 25.2 Å². The molecule has 3 heterocycles. The van der Waals surface area contributed by atoms with Gasteiger partial charge >= 0.3 is 5.97 Å². The number of sulfonamides is 1. The van der Waals surface area contributed by atoms with Crippen molar-refractivity contribution in [1.29, 1.82) is 0 Å². The maximum atomic E-state index is 12.9. The SMILES string of the molecule is Cc1noc(C)c1S(=O)(=O)N[C@@H](CCC(=O)C1CCC2(CC1)CCN(c1ccncc1)CC2)C(=O)O. The number of carboxylic acid groups (broad SMARTS) is 1. The third-order valence-electron chi connectivity index (χ3n) is 7.87. The van der Waals surface area contributed by atoms with Crippen LogP contribution < -0.4 is 9.62 Å². The van der Waals surface area contributed by atoms with Crippen molar-refractivity contribution in [3.05, 3.63) is 36.0 Å². The van der Waals surface area contributed by atoms with Crippen molar-refractivity contribution < 1.29 is 27.6 Å². The van der Waals surface area contributed by atoms with Crippen molar-refractivity contribution in [3.63, 3.8) is 0 Å². The molecule has 4 rings (SSSR count). The van der Waals surface area contributed by atoms with E-state index >= 15 is 0 Å². The van der Waals surface area contributed by atoms with Crippen LogP contribution in [-0.2, 0) is 19.6 Å². The summed E-state index contributed by atoms with van der Waals surface area (Å²) in [5.74, 6) is -1.31. The minimum absolute atomic E-state index is 0.0156. The highest BCUT2D eigenvalue weighted by Gasteiger charge is 2.40. The van der Waals surface area contributed by atoms with E-state index < -0.39 is 22.0 Å². The number of aryl methyl sites for hydroxylation is 2. The van der Waals surface area contributed by atoms with E-state index in [1.807, 2.05) is 24.5 Å². The normalized spacial score (nSPS) is 19.3. The summed E-state index contributed by atoms with van der Waals surface area (Å²) in [7, 11) is -4.14. The zero-order valence-corrected chi connectivity index (χ0v) is 21.6. The molecule has 2 N–H and O–H groups in total. The van der Waals surface area contributed by atoms with Crippen molar-refractivity contribution in [1.82, 2.24) is 14.9 Å². The monoisotopic (exact) mass is 518 g/mol. The highest BCUT2D eigenvalue weighted by Crippen LogP contribution is 2.47. The van der Waals surface area contributed by atoms with Gasteiger partial charge in [0.2, 0.25) is 10.0 Å². The Morgan fingerprint density at radius 1 is 1.17 bits per heavy atom. The number of hydrogen-bond acceptors (Lipinski definition) is 8. The van der Waals surface area contributed by atoms with Crippen LogP contribution in [0.3, 0.4) is 0 Å². The van der Waals surface area contributed by atoms with Gasteiger partial charge in [0.15, 0.2) is 5.76 Å². The topological polar surface area (TPSA) is 143 Å². The molecule has 1 aliphatic heterocycles. The van der Waals surface area contributed by atoms with E-state index in [1.54, 1.807) is 0 Å². The Morgan fingerprint density at radius 3 is 2.36 bits per heavy atom. The van der Waals surface area contributed by atoms with Crippen LogP contribution in [0.15, 0.2) is 33.9 Å². The van der Waals surface area contributed by atoms with E-state index in [1.165, 1.54) is 19.5 Å². The third-order valence-corrected chi connectivity index (χ3v) is 9.58. The molecular weight excluding hydrogens is 484 g/mol. The molecule has 1 aliphatic carbocycles. The molecule has 0 unspecified atom stereocenters. The largest absolute Gasteiger partial charge is 0.480 e. The molecule has 2 fully saturated rings. The summed E-state index contributed by atoms with van der Waals surface area (Å²) < 4.78 is 32.5. The molecule has 10 nitrogen and oxygen atoms in total. The van der Waals surface area contributed by atoms with E-state index in [0.717, 1.165) is 51.6 Å². The Bertz CT molecular complexity index is 1160. The first-order valence-electron chi connectivity index (χ1n) is 12.5. The van der Waals surface area contributed by atoms with Gasteiger partial charge in [-0.3, -0.25) is 14.6 Å². The summed E-state index contributed by atoms with van der Waals surface area (Å²) in [5, 5.41) is 13.2. The van der Waals surface area contributed by atoms with Crippen LogP contribution in [0.5, 0.6) is 0 Å². The van der Waals surface area contributed by atoms with E-state index in [4.69, 9.17) is 4.52 Å². The predicted molar refractivity (Wildman–Crippen MR) is 132 cm³/mol. The number of nitrogens with one attached hydrogen (secondary N) is 1. The number of carboxylic acids is 1. The number of nitrogens with zero attached hydrogens (tertiary/aromatic N) is 3. The number of carbonyl (C=O) groups is 2. The molecule has 2 aromatic heterocycles. The third kappa shape index (κ3) is 5.78. The molecule has 1 saturated carbocycles. The average molecular weight is 519 g/mol.